The maximum Gasteiger partial charge on any atom is 0.143 e. The Hall–Kier alpha value is -7.16. The maximum atomic E-state index is 6.75. The lowest BCUT2D eigenvalue weighted by Gasteiger charge is -2.32. The van der Waals surface area contributed by atoms with E-state index in [4.69, 9.17) is 4.42 Å². The van der Waals surface area contributed by atoms with E-state index in [0.29, 0.717) is 0 Å². The summed E-state index contributed by atoms with van der Waals surface area (Å²) in [7, 11) is 0. The van der Waals surface area contributed by atoms with Gasteiger partial charge in [0, 0.05) is 33.0 Å². The molecule has 0 saturated heterocycles. The summed E-state index contributed by atoms with van der Waals surface area (Å²) in [5.74, 6) is 0. The first-order valence-corrected chi connectivity index (χ1v) is 23.4. The predicted molar refractivity (Wildman–Crippen MR) is 284 cm³/mol. The molecule has 10 aromatic rings. The maximum absolute atomic E-state index is 6.75. The van der Waals surface area contributed by atoms with Gasteiger partial charge >= 0.3 is 0 Å². The number of hydrogen-bond acceptors (Lipinski definition) is 2. The quantitative estimate of drug-likeness (QED) is 0.159. The van der Waals surface area contributed by atoms with Crippen LogP contribution in [0.1, 0.15) is 79.0 Å². The molecule has 0 radical (unpaired) electrons. The van der Waals surface area contributed by atoms with Crippen molar-refractivity contribution in [1.29, 1.82) is 0 Å². The zero-order valence-corrected chi connectivity index (χ0v) is 39.8. The van der Waals surface area contributed by atoms with Gasteiger partial charge in [-0.1, -0.05) is 232 Å². The van der Waals surface area contributed by atoms with E-state index < -0.39 is 0 Å². The largest absolute Gasteiger partial charge is 0.455 e. The number of para-hydroxylation sites is 5. The van der Waals surface area contributed by atoms with Crippen molar-refractivity contribution < 1.29 is 4.42 Å². The van der Waals surface area contributed by atoms with Gasteiger partial charge < -0.3 is 9.32 Å². The van der Waals surface area contributed by atoms with Crippen LogP contribution in [0.4, 0.5) is 17.1 Å². The minimum absolute atomic E-state index is 0.0168. The van der Waals surface area contributed by atoms with Crippen LogP contribution in [0.25, 0.3) is 77.2 Å². The molecular formula is C64H59NO. The van der Waals surface area contributed by atoms with Gasteiger partial charge in [-0.05, 0) is 90.2 Å². The van der Waals surface area contributed by atoms with E-state index in [2.05, 4.69) is 255 Å². The lowest BCUT2D eigenvalue weighted by molar-refractivity contribution is 0.569. The highest BCUT2D eigenvalue weighted by molar-refractivity contribution is 6.12. The molecular weight excluding hydrogens is 799 g/mol. The van der Waals surface area contributed by atoms with Crippen LogP contribution in [0, 0.1) is 0 Å². The average Bonchev–Trinajstić information content (AvgIpc) is 3.70. The normalized spacial score (nSPS) is 12.3. The Morgan fingerprint density at radius 1 is 0.333 bits per heavy atom. The van der Waals surface area contributed by atoms with Crippen molar-refractivity contribution in [2.45, 2.75) is 78.6 Å². The smallest absolute Gasteiger partial charge is 0.143 e. The summed E-state index contributed by atoms with van der Waals surface area (Å²) in [4.78, 5) is 2.50. The molecule has 0 atom stereocenters. The molecule has 326 valence electrons. The van der Waals surface area contributed by atoms with Crippen LogP contribution in [0.2, 0.25) is 0 Å². The molecule has 1 aromatic heterocycles. The van der Waals surface area contributed by atoms with E-state index in [1.54, 1.807) is 0 Å². The van der Waals surface area contributed by atoms with Gasteiger partial charge in [-0.2, -0.15) is 0 Å². The standard InChI is InChI=1S/C64H59NO/c1-62(2,3)45-37-35-42(36-38-45)48-23-10-14-31-56(48)65(58-33-16-12-25-51(58)54-29-20-30-55-52-26-13-17-34-59(52)66-61(54)55)57-32-15-11-24-50(57)53-28-19-22-43-21-18-27-49(60(43)53)44-39-46(63(4,5)6)41-47(40-44)64(7,8)9/h10-41H,1-9H3. The highest BCUT2D eigenvalue weighted by Gasteiger charge is 2.27. The monoisotopic (exact) mass is 857 g/mol. The summed E-state index contributed by atoms with van der Waals surface area (Å²) >= 11 is 0. The first-order chi connectivity index (χ1) is 31.6. The van der Waals surface area contributed by atoms with Gasteiger partial charge in [-0.3, -0.25) is 0 Å². The third-order valence-corrected chi connectivity index (χ3v) is 13.4. The van der Waals surface area contributed by atoms with Crippen LogP contribution >= 0.6 is 0 Å². The average molecular weight is 858 g/mol. The molecule has 0 amide bonds. The van der Waals surface area contributed by atoms with E-state index >= 15 is 0 Å². The number of furan rings is 1. The van der Waals surface area contributed by atoms with Crippen molar-refractivity contribution in [2.75, 3.05) is 4.90 Å². The molecule has 0 aliphatic rings. The minimum atomic E-state index is -0.0168. The third kappa shape index (κ3) is 7.79. The molecule has 0 N–H and O–H groups in total. The van der Waals surface area contributed by atoms with Crippen molar-refractivity contribution >= 4 is 49.8 Å². The molecule has 0 aliphatic carbocycles. The van der Waals surface area contributed by atoms with Crippen LogP contribution in [0.15, 0.2) is 199 Å². The number of hydrogen-bond donors (Lipinski definition) is 0. The van der Waals surface area contributed by atoms with Crippen LogP contribution in [0.3, 0.4) is 0 Å². The third-order valence-electron chi connectivity index (χ3n) is 13.4. The number of benzene rings is 9. The molecule has 66 heavy (non-hydrogen) atoms. The Morgan fingerprint density at radius 3 is 1.39 bits per heavy atom. The van der Waals surface area contributed by atoms with Crippen molar-refractivity contribution in [3.05, 3.63) is 211 Å². The Balaban J connectivity index is 1.26. The Morgan fingerprint density at radius 2 is 0.788 bits per heavy atom. The molecule has 10 rings (SSSR count). The number of rotatable bonds is 7. The molecule has 0 aliphatic heterocycles. The lowest BCUT2D eigenvalue weighted by atomic mass is 9.78. The molecule has 1 heterocycles. The molecule has 0 saturated carbocycles. The summed E-state index contributed by atoms with van der Waals surface area (Å²) in [5.41, 5.74) is 18.3. The van der Waals surface area contributed by atoms with Crippen LogP contribution in [0.5, 0.6) is 0 Å². The van der Waals surface area contributed by atoms with Gasteiger partial charge in [-0.25, -0.2) is 0 Å². The fraction of sp³-hybridized carbons (Fsp3) is 0.188. The lowest BCUT2D eigenvalue weighted by Crippen LogP contribution is -2.16. The van der Waals surface area contributed by atoms with E-state index in [0.717, 1.165) is 61.3 Å². The molecule has 0 spiro atoms. The fourth-order valence-corrected chi connectivity index (χ4v) is 9.66. The van der Waals surface area contributed by atoms with E-state index in [1.165, 1.54) is 49.7 Å². The van der Waals surface area contributed by atoms with Crippen LogP contribution in [-0.4, -0.2) is 0 Å². The summed E-state index contributed by atoms with van der Waals surface area (Å²) in [6.07, 6.45) is 0. The van der Waals surface area contributed by atoms with Gasteiger partial charge in [0.15, 0.2) is 0 Å². The zero-order chi connectivity index (χ0) is 46.0. The summed E-state index contributed by atoms with van der Waals surface area (Å²) in [6.45, 7) is 20.7. The van der Waals surface area contributed by atoms with Crippen LogP contribution < -0.4 is 4.90 Å². The van der Waals surface area contributed by atoms with Crippen molar-refractivity contribution in [3.8, 4) is 44.5 Å². The molecule has 0 fully saturated rings. The molecule has 0 unspecified atom stereocenters. The summed E-state index contributed by atoms with van der Waals surface area (Å²) in [5, 5.41) is 4.68. The van der Waals surface area contributed by atoms with Crippen molar-refractivity contribution in [3.63, 3.8) is 0 Å². The summed E-state index contributed by atoms with van der Waals surface area (Å²) < 4.78 is 6.75. The Kier molecular flexibility index (Phi) is 10.6. The molecule has 9 aromatic carbocycles. The van der Waals surface area contributed by atoms with E-state index in [-0.39, 0.29) is 16.2 Å². The number of nitrogens with zero attached hydrogens (tertiary/aromatic N) is 1. The predicted octanol–water partition coefficient (Wildman–Crippen LogP) is 18.8. The first-order valence-electron chi connectivity index (χ1n) is 23.4. The molecule has 0 bridgehead atoms. The molecule has 2 heteroatoms. The van der Waals surface area contributed by atoms with Gasteiger partial charge in [0.2, 0.25) is 0 Å². The van der Waals surface area contributed by atoms with Crippen molar-refractivity contribution in [2.24, 2.45) is 0 Å². The topological polar surface area (TPSA) is 16.4 Å². The van der Waals surface area contributed by atoms with Gasteiger partial charge in [0.1, 0.15) is 11.2 Å². The van der Waals surface area contributed by atoms with Gasteiger partial charge in [0.05, 0.1) is 17.1 Å². The summed E-state index contributed by atoms with van der Waals surface area (Å²) in [6, 6.07) is 71.6. The van der Waals surface area contributed by atoms with E-state index in [1.807, 2.05) is 6.07 Å². The Bertz CT molecular complexity index is 3380. The molecule has 2 nitrogen and oxygen atoms in total. The number of anilines is 3. The van der Waals surface area contributed by atoms with E-state index in [9.17, 15) is 0 Å². The van der Waals surface area contributed by atoms with Gasteiger partial charge in [0.25, 0.3) is 0 Å². The minimum Gasteiger partial charge on any atom is -0.455 e. The fourth-order valence-electron chi connectivity index (χ4n) is 9.66. The second kappa shape index (κ2) is 16.4. The van der Waals surface area contributed by atoms with Crippen LogP contribution in [-0.2, 0) is 16.2 Å². The zero-order valence-electron chi connectivity index (χ0n) is 39.8. The SMILES string of the molecule is CC(C)(C)c1ccc(-c2ccccc2N(c2ccccc2-c2cccc3c2oc2ccccc23)c2ccccc2-c2cccc3cccc(-c4cc(C(C)(C)C)cc(C(C)(C)C)c4)c23)cc1. The van der Waals surface area contributed by atoms with Crippen molar-refractivity contribution in [1.82, 2.24) is 0 Å². The highest BCUT2D eigenvalue weighted by atomic mass is 16.3. The second-order valence-electron chi connectivity index (χ2n) is 21.0. The second-order valence-corrected chi connectivity index (χ2v) is 21.0. The Labute approximate surface area is 391 Å². The highest BCUT2D eigenvalue weighted by Crippen LogP contribution is 2.51. The first kappa shape index (κ1) is 42.8. The number of fused-ring (bicyclic) bond motifs is 4. The van der Waals surface area contributed by atoms with Gasteiger partial charge in [-0.15, -0.1) is 0 Å².